The van der Waals surface area contributed by atoms with Crippen molar-refractivity contribution in [3.8, 4) is 0 Å². The van der Waals surface area contributed by atoms with Crippen molar-refractivity contribution < 1.29 is 37.1 Å². The van der Waals surface area contributed by atoms with Crippen LogP contribution < -0.4 is 5.32 Å². The van der Waals surface area contributed by atoms with Crippen molar-refractivity contribution in [2.45, 2.75) is 96.9 Å². The highest BCUT2D eigenvalue weighted by Crippen LogP contribution is 2.50. The average molecular weight is 632 g/mol. The summed E-state index contributed by atoms with van der Waals surface area (Å²) in [4.78, 5) is 44.3. The summed E-state index contributed by atoms with van der Waals surface area (Å²) in [6, 6.07) is 8.35. The molecule has 0 bridgehead atoms. The Balaban J connectivity index is 1.75. The van der Waals surface area contributed by atoms with E-state index in [1.807, 2.05) is 6.92 Å². The molecule has 2 aromatic carbocycles. The first-order valence-corrected chi connectivity index (χ1v) is 15.5. The molecule has 244 valence electrons. The van der Waals surface area contributed by atoms with Crippen LogP contribution >= 0.6 is 0 Å². The van der Waals surface area contributed by atoms with E-state index in [4.69, 9.17) is 10.1 Å². The number of aliphatic carboxylic acids is 1. The van der Waals surface area contributed by atoms with Gasteiger partial charge in [-0.15, -0.1) is 0 Å². The van der Waals surface area contributed by atoms with Crippen LogP contribution in [0.25, 0.3) is 0 Å². The van der Waals surface area contributed by atoms with E-state index in [9.17, 15) is 31.9 Å². The van der Waals surface area contributed by atoms with Crippen molar-refractivity contribution >= 4 is 23.5 Å². The number of halogens is 4. The molecule has 1 fully saturated rings. The number of alkyl halides is 3. The van der Waals surface area contributed by atoms with E-state index in [-0.39, 0.29) is 29.7 Å². The van der Waals surface area contributed by atoms with Crippen LogP contribution in [0, 0.1) is 17.2 Å². The second-order valence-electron chi connectivity index (χ2n) is 13.2. The molecule has 1 aliphatic carbocycles. The Morgan fingerprint density at radius 1 is 1.09 bits per heavy atom. The van der Waals surface area contributed by atoms with Gasteiger partial charge in [-0.1, -0.05) is 52.7 Å². The molecule has 2 N–H and O–H groups in total. The number of unbranched alkanes of at least 4 members (excludes halogenated alkanes) is 1. The Morgan fingerprint density at radius 3 is 2.29 bits per heavy atom. The summed E-state index contributed by atoms with van der Waals surface area (Å²) < 4.78 is 55.4. The topological polar surface area (TPSA) is 99.1 Å². The zero-order valence-electron chi connectivity index (χ0n) is 26.1. The maximum Gasteiger partial charge on any atom is 0.416 e. The van der Waals surface area contributed by atoms with Crippen molar-refractivity contribution in [3.63, 3.8) is 0 Å². The number of carbonyl (C=O) groups is 3. The van der Waals surface area contributed by atoms with Crippen LogP contribution in [0.3, 0.4) is 0 Å². The Hall–Kier alpha value is -3.76. The van der Waals surface area contributed by atoms with E-state index >= 15 is 0 Å². The lowest BCUT2D eigenvalue weighted by atomic mass is 9.69. The molecule has 4 rings (SSSR count). The minimum Gasteiger partial charge on any atom is -0.481 e. The fourth-order valence-electron chi connectivity index (χ4n) is 6.51. The molecule has 1 saturated carbocycles. The van der Waals surface area contributed by atoms with Gasteiger partial charge in [-0.25, -0.2) is 4.39 Å². The summed E-state index contributed by atoms with van der Waals surface area (Å²) >= 11 is 0. The Kier molecular flexibility index (Phi) is 10.1. The minimum atomic E-state index is -4.80. The van der Waals surface area contributed by atoms with Gasteiger partial charge in [-0.05, 0) is 79.3 Å². The SMILES string of the molecule is CCCC[C@H](c1ccc(C(=O)NCCC(=O)O)cc1)N1C(=O)C(c2cc(F)cc(C(F)(F)F)c2)=NC12CCC(C(C)(C)C)CC2. The maximum atomic E-state index is 14.5. The monoisotopic (exact) mass is 631 g/mol. The first-order chi connectivity index (χ1) is 21.1. The van der Waals surface area contributed by atoms with Crippen LogP contribution in [0.15, 0.2) is 47.5 Å². The van der Waals surface area contributed by atoms with Gasteiger partial charge in [0.05, 0.1) is 18.0 Å². The number of aliphatic imine (C=N–C) groups is 1. The first kappa shape index (κ1) is 34.1. The van der Waals surface area contributed by atoms with Crippen molar-refractivity contribution in [1.29, 1.82) is 0 Å². The second-order valence-corrected chi connectivity index (χ2v) is 13.2. The molecule has 0 unspecified atom stereocenters. The standard InChI is InChI=1S/C34H41F4N3O4/c1-5-6-7-27(21-8-10-22(11-9-21)30(44)39-17-14-28(42)43)41-31(45)29(23-18-25(34(36,37)38)20-26(35)19-23)40-33(41)15-12-24(13-16-33)32(2,3)4/h8-11,18-20,24,27H,5-7,12-17H2,1-4H3,(H,39,44)(H,42,43)/t24?,27-,33?/m1/s1. The predicted molar refractivity (Wildman–Crippen MR) is 162 cm³/mol. The lowest BCUT2D eigenvalue weighted by molar-refractivity contribution is -0.138. The smallest absolute Gasteiger partial charge is 0.416 e. The van der Waals surface area contributed by atoms with Crippen LogP contribution in [0.4, 0.5) is 17.6 Å². The third-order valence-corrected chi connectivity index (χ3v) is 9.02. The average Bonchev–Trinajstić information content (AvgIpc) is 3.23. The van der Waals surface area contributed by atoms with E-state index in [0.717, 1.165) is 43.4 Å². The van der Waals surface area contributed by atoms with Crippen molar-refractivity contribution in [3.05, 3.63) is 70.5 Å². The summed E-state index contributed by atoms with van der Waals surface area (Å²) in [6.07, 6.45) is -0.335. The molecule has 11 heteroatoms. The molecule has 1 heterocycles. The molecular weight excluding hydrogens is 590 g/mol. The molecule has 0 saturated heterocycles. The first-order valence-electron chi connectivity index (χ1n) is 15.5. The number of nitrogens with one attached hydrogen (secondary N) is 1. The summed E-state index contributed by atoms with van der Waals surface area (Å²) in [5, 5.41) is 11.4. The van der Waals surface area contributed by atoms with Crippen molar-refractivity contribution in [2.75, 3.05) is 6.54 Å². The minimum absolute atomic E-state index is 0.0221. The Labute approximate surface area is 261 Å². The highest BCUT2D eigenvalue weighted by Gasteiger charge is 2.52. The quantitative estimate of drug-likeness (QED) is 0.265. The van der Waals surface area contributed by atoms with Crippen molar-refractivity contribution in [1.82, 2.24) is 10.2 Å². The van der Waals surface area contributed by atoms with Crippen LogP contribution in [0.2, 0.25) is 0 Å². The molecule has 0 radical (unpaired) electrons. The molecular formula is C34H41F4N3O4. The molecule has 45 heavy (non-hydrogen) atoms. The van der Waals surface area contributed by atoms with E-state index < -0.39 is 47.0 Å². The predicted octanol–water partition coefficient (Wildman–Crippen LogP) is 7.54. The zero-order chi connectivity index (χ0) is 33.2. The molecule has 2 aromatic rings. The number of rotatable bonds is 10. The van der Waals surface area contributed by atoms with Gasteiger partial charge in [0.2, 0.25) is 0 Å². The number of hydrogen-bond donors (Lipinski definition) is 2. The van der Waals surface area contributed by atoms with E-state index in [1.165, 1.54) is 0 Å². The third kappa shape index (κ3) is 7.73. The Bertz CT molecular complexity index is 1440. The lowest BCUT2D eigenvalue weighted by Crippen LogP contribution is -2.51. The van der Waals surface area contributed by atoms with E-state index in [1.54, 1.807) is 29.2 Å². The van der Waals surface area contributed by atoms with Crippen LogP contribution in [-0.2, 0) is 15.8 Å². The molecule has 1 aliphatic heterocycles. The van der Waals surface area contributed by atoms with Gasteiger partial charge in [-0.2, -0.15) is 13.2 Å². The van der Waals surface area contributed by atoms with Gasteiger partial charge in [0.1, 0.15) is 17.2 Å². The van der Waals surface area contributed by atoms with E-state index in [0.29, 0.717) is 36.8 Å². The van der Waals surface area contributed by atoms with Gasteiger partial charge in [0.15, 0.2) is 0 Å². The second kappa shape index (κ2) is 13.3. The molecule has 1 atom stereocenters. The highest BCUT2D eigenvalue weighted by molar-refractivity contribution is 6.46. The number of benzene rings is 2. The fraction of sp³-hybridized carbons (Fsp3) is 0.529. The summed E-state index contributed by atoms with van der Waals surface area (Å²) in [6.45, 7) is 8.49. The number of amides is 2. The number of nitrogens with zero attached hydrogens (tertiary/aromatic N) is 2. The molecule has 1 spiro atoms. The zero-order valence-corrected chi connectivity index (χ0v) is 26.1. The van der Waals surface area contributed by atoms with Gasteiger partial charge in [0, 0.05) is 17.7 Å². The number of carboxylic acid groups (broad SMARTS) is 1. The molecule has 2 aliphatic rings. The van der Waals surface area contributed by atoms with Gasteiger partial charge in [0.25, 0.3) is 11.8 Å². The summed E-state index contributed by atoms with van der Waals surface area (Å²) in [5.41, 5.74) is -1.49. The maximum absolute atomic E-state index is 14.5. The normalized spacial score (nSPS) is 21.2. The summed E-state index contributed by atoms with van der Waals surface area (Å²) in [5.74, 6) is -2.74. The van der Waals surface area contributed by atoms with Gasteiger partial charge >= 0.3 is 12.1 Å². The van der Waals surface area contributed by atoms with Gasteiger partial charge in [-0.3, -0.25) is 19.4 Å². The molecule has 2 amide bonds. The van der Waals surface area contributed by atoms with Crippen LogP contribution in [0.1, 0.15) is 112 Å². The largest absolute Gasteiger partial charge is 0.481 e. The molecule has 7 nitrogen and oxygen atoms in total. The van der Waals surface area contributed by atoms with Gasteiger partial charge < -0.3 is 15.3 Å². The fourth-order valence-corrected chi connectivity index (χ4v) is 6.51. The van der Waals surface area contributed by atoms with Crippen LogP contribution in [-0.4, -0.2) is 45.7 Å². The van der Waals surface area contributed by atoms with Crippen molar-refractivity contribution in [2.24, 2.45) is 16.3 Å². The van der Waals surface area contributed by atoms with E-state index in [2.05, 4.69) is 26.1 Å². The highest BCUT2D eigenvalue weighted by atomic mass is 19.4. The number of carboxylic acids is 1. The lowest BCUT2D eigenvalue weighted by Gasteiger charge is -2.47. The Morgan fingerprint density at radius 2 is 1.73 bits per heavy atom. The summed E-state index contributed by atoms with van der Waals surface area (Å²) in [7, 11) is 0. The third-order valence-electron chi connectivity index (χ3n) is 9.02. The van der Waals surface area contributed by atoms with Crippen LogP contribution in [0.5, 0.6) is 0 Å². The number of carbonyl (C=O) groups excluding carboxylic acids is 2. The molecule has 0 aromatic heterocycles. The number of hydrogen-bond acceptors (Lipinski definition) is 4.